The number of aliphatic hydroxyl groups is 1. The maximum Gasteiger partial charge on any atom is 0.265 e. The predicted octanol–water partition coefficient (Wildman–Crippen LogP) is 5.93. The molecule has 0 saturated carbocycles. The Morgan fingerprint density at radius 3 is 2.43 bits per heavy atom. The molecule has 2 aliphatic rings. The maximum atomic E-state index is 15.4. The number of phenolic OH excluding ortho intramolecular Hbond substituents is 1. The lowest BCUT2D eigenvalue weighted by Crippen LogP contribution is -2.47. The van der Waals surface area contributed by atoms with Gasteiger partial charge < -0.3 is 24.8 Å². The van der Waals surface area contributed by atoms with Crippen LogP contribution in [0, 0.1) is 11.6 Å². The second kappa shape index (κ2) is 13.6. The van der Waals surface area contributed by atoms with Gasteiger partial charge in [0, 0.05) is 62.1 Å². The number of fused-ring (bicyclic) bond motifs is 2. The standard InChI is InChI=1S/C37H36F4N6O4/c1-37(2,50)22-13-27(39)33-31(14-22)51-12-11-47(36(33)49)30-16-23(38)15-25(34(30)48)24-5-6-42-35-26(24)17-29(44-35)28-4-3-21(18-43-28)19-45-7-9-46(10-8-45)20-32(40)41/h3-6,13-18,32,48,50H,7-12,19-20H2,1-2H3,(H,42,44). The summed E-state index contributed by atoms with van der Waals surface area (Å²) in [5.41, 5.74) is 1.48. The number of hydrogen-bond donors (Lipinski definition) is 3. The number of phenols is 1. The number of ether oxygens (including phenoxy) is 1. The number of carbonyl (C=O) groups is 1. The van der Waals surface area contributed by atoms with Gasteiger partial charge in [-0.15, -0.1) is 0 Å². The van der Waals surface area contributed by atoms with Gasteiger partial charge in [0.15, 0.2) is 0 Å². The van der Waals surface area contributed by atoms with E-state index in [9.17, 15) is 23.8 Å². The number of aromatic amines is 1. The molecule has 0 radical (unpaired) electrons. The number of aromatic nitrogens is 3. The van der Waals surface area contributed by atoms with Gasteiger partial charge in [-0.1, -0.05) is 6.07 Å². The summed E-state index contributed by atoms with van der Waals surface area (Å²) in [7, 11) is 0. The summed E-state index contributed by atoms with van der Waals surface area (Å²) in [4.78, 5) is 31.1. The van der Waals surface area contributed by atoms with Crippen LogP contribution in [0.3, 0.4) is 0 Å². The summed E-state index contributed by atoms with van der Waals surface area (Å²) >= 11 is 0. The van der Waals surface area contributed by atoms with Crippen molar-refractivity contribution < 1.29 is 37.3 Å². The number of aromatic hydroxyl groups is 1. The van der Waals surface area contributed by atoms with Crippen molar-refractivity contribution in [3.8, 4) is 34.0 Å². The van der Waals surface area contributed by atoms with Crippen molar-refractivity contribution in [3.63, 3.8) is 0 Å². The molecule has 10 nitrogen and oxygen atoms in total. The Labute approximate surface area is 290 Å². The van der Waals surface area contributed by atoms with Gasteiger partial charge in [0.25, 0.3) is 12.3 Å². The minimum atomic E-state index is -2.34. The fourth-order valence-corrected chi connectivity index (χ4v) is 6.63. The third-order valence-electron chi connectivity index (χ3n) is 9.33. The Morgan fingerprint density at radius 1 is 0.961 bits per heavy atom. The summed E-state index contributed by atoms with van der Waals surface area (Å²) < 4.78 is 61.9. The normalized spacial score (nSPS) is 16.1. The lowest BCUT2D eigenvalue weighted by atomic mass is 9.95. The van der Waals surface area contributed by atoms with E-state index in [4.69, 9.17) is 4.74 Å². The molecule has 266 valence electrons. The van der Waals surface area contributed by atoms with Crippen molar-refractivity contribution in [3.05, 3.63) is 89.2 Å². The number of nitrogens with zero attached hydrogens (tertiary/aromatic N) is 5. The maximum absolute atomic E-state index is 15.4. The summed E-state index contributed by atoms with van der Waals surface area (Å²) in [6, 6.07) is 11.9. The molecule has 0 atom stereocenters. The number of anilines is 1. The monoisotopic (exact) mass is 704 g/mol. The quantitative estimate of drug-likeness (QED) is 0.171. The van der Waals surface area contributed by atoms with E-state index in [1.165, 1.54) is 26.1 Å². The topological polar surface area (TPSA) is 118 Å². The van der Waals surface area contributed by atoms with Crippen LogP contribution in [-0.2, 0) is 12.1 Å². The SMILES string of the molecule is CC(C)(O)c1cc(F)c2c(c1)OCCN(c1cc(F)cc(-c3ccnc4[nH]c(-c5ccc(CN6CCN(CC(F)F)CC6)cn5)cc34)c1O)C2=O. The smallest absolute Gasteiger partial charge is 0.265 e. The first-order valence-electron chi connectivity index (χ1n) is 16.6. The lowest BCUT2D eigenvalue weighted by Gasteiger charge is -2.34. The molecule has 0 spiro atoms. The van der Waals surface area contributed by atoms with Crippen LogP contribution < -0.4 is 9.64 Å². The molecular weight excluding hydrogens is 668 g/mol. The van der Waals surface area contributed by atoms with Crippen LogP contribution in [0.15, 0.2) is 60.9 Å². The number of carbonyl (C=O) groups excluding carboxylic acids is 1. The summed E-state index contributed by atoms with van der Waals surface area (Å²) in [6.07, 6.45) is 0.935. The average molecular weight is 705 g/mol. The first kappa shape index (κ1) is 34.4. The second-order valence-electron chi connectivity index (χ2n) is 13.3. The van der Waals surface area contributed by atoms with Gasteiger partial charge in [-0.2, -0.15) is 0 Å². The number of hydrogen-bond acceptors (Lipinski definition) is 8. The largest absolute Gasteiger partial charge is 0.505 e. The number of alkyl halides is 2. The summed E-state index contributed by atoms with van der Waals surface area (Å²) in [5.74, 6) is -2.93. The average Bonchev–Trinajstić information content (AvgIpc) is 3.45. The lowest BCUT2D eigenvalue weighted by molar-refractivity contribution is 0.0543. The highest BCUT2D eigenvalue weighted by atomic mass is 19.3. The van der Waals surface area contributed by atoms with Crippen molar-refractivity contribution in [1.29, 1.82) is 0 Å². The summed E-state index contributed by atoms with van der Waals surface area (Å²) in [5, 5.41) is 22.5. The van der Waals surface area contributed by atoms with Crippen molar-refractivity contribution in [2.75, 3.05) is 50.8 Å². The Morgan fingerprint density at radius 2 is 1.73 bits per heavy atom. The Balaban J connectivity index is 1.16. The predicted molar refractivity (Wildman–Crippen MR) is 183 cm³/mol. The minimum absolute atomic E-state index is 0.0569. The molecule has 0 aliphatic carbocycles. The number of benzene rings is 2. The minimum Gasteiger partial charge on any atom is -0.505 e. The molecule has 2 aliphatic heterocycles. The van der Waals surface area contributed by atoms with Crippen LogP contribution in [0.1, 0.15) is 35.3 Å². The molecule has 0 bridgehead atoms. The van der Waals surface area contributed by atoms with Crippen molar-refractivity contribution in [1.82, 2.24) is 24.8 Å². The molecule has 51 heavy (non-hydrogen) atoms. The molecule has 2 aromatic carbocycles. The molecule has 14 heteroatoms. The zero-order chi connectivity index (χ0) is 36.0. The van der Waals surface area contributed by atoms with Crippen LogP contribution in [0.25, 0.3) is 33.5 Å². The van der Waals surface area contributed by atoms with E-state index in [-0.39, 0.29) is 42.3 Å². The molecular formula is C37H36F4N6O4. The third kappa shape index (κ3) is 6.99. The molecule has 5 aromatic rings. The number of pyridine rings is 2. The van der Waals surface area contributed by atoms with Gasteiger partial charge in [0.1, 0.15) is 41.0 Å². The highest BCUT2D eigenvalue weighted by Crippen LogP contribution is 2.43. The fourth-order valence-electron chi connectivity index (χ4n) is 6.63. The van der Waals surface area contributed by atoms with E-state index in [1.54, 1.807) is 23.2 Å². The number of rotatable bonds is 8. The van der Waals surface area contributed by atoms with Gasteiger partial charge >= 0.3 is 0 Å². The van der Waals surface area contributed by atoms with E-state index in [0.29, 0.717) is 60.7 Å². The highest BCUT2D eigenvalue weighted by Gasteiger charge is 2.33. The Kier molecular flexibility index (Phi) is 9.16. The molecule has 3 N–H and O–H groups in total. The van der Waals surface area contributed by atoms with Crippen LogP contribution in [0.2, 0.25) is 0 Å². The van der Waals surface area contributed by atoms with Crippen molar-refractivity contribution >= 4 is 22.6 Å². The number of halogens is 4. The second-order valence-corrected chi connectivity index (χ2v) is 13.3. The molecule has 5 heterocycles. The highest BCUT2D eigenvalue weighted by molar-refractivity contribution is 6.10. The van der Waals surface area contributed by atoms with Crippen molar-refractivity contribution in [2.45, 2.75) is 32.4 Å². The van der Waals surface area contributed by atoms with Crippen LogP contribution >= 0.6 is 0 Å². The first-order chi connectivity index (χ1) is 24.4. The van der Waals surface area contributed by atoms with E-state index < -0.39 is 40.9 Å². The van der Waals surface area contributed by atoms with Crippen LogP contribution in [0.4, 0.5) is 23.2 Å². The number of piperazine rings is 1. The summed E-state index contributed by atoms with van der Waals surface area (Å²) in [6.45, 7) is 5.75. The van der Waals surface area contributed by atoms with Gasteiger partial charge in [-0.3, -0.25) is 19.6 Å². The zero-order valence-corrected chi connectivity index (χ0v) is 28.0. The fraction of sp³-hybridized carbons (Fsp3) is 0.324. The van der Waals surface area contributed by atoms with E-state index >= 15 is 8.78 Å². The number of amides is 1. The molecule has 1 saturated heterocycles. The third-order valence-corrected chi connectivity index (χ3v) is 9.33. The van der Waals surface area contributed by atoms with Gasteiger partial charge in [-0.25, -0.2) is 22.5 Å². The molecule has 3 aromatic heterocycles. The molecule has 7 rings (SSSR count). The van der Waals surface area contributed by atoms with E-state index in [1.807, 2.05) is 12.1 Å². The number of nitrogens with one attached hydrogen (secondary N) is 1. The van der Waals surface area contributed by atoms with Gasteiger partial charge in [-0.05, 0) is 66.9 Å². The van der Waals surface area contributed by atoms with Crippen molar-refractivity contribution in [2.24, 2.45) is 0 Å². The van der Waals surface area contributed by atoms with Crippen LogP contribution in [-0.4, -0.2) is 93.2 Å². The molecule has 1 amide bonds. The first-order valence-corrected chi connectivity index (χ1v) is 16.6. The Hall–Kier alpha value is -5.05. The van der Waals surface area contributed by atoms with E-state index in [2.05, 4.69) is 19.9 Å². The molecule has 0 unspecified atom stereocenters. The number of H-pyrrole nitrogens is 1. The van der Waals surface area contributed by atoms with E-state index in [0.717, 1.165) is 28.7 Å². The zero-order valence-electron chi connectivity index (χ0n) is 28.0. The Bertz CT molecular complexity index is 2090. The van der Waals surface area contributed by atoms with Gasteiger partial charge in [0.05, 0.1) is 35.8 Å². The van der Waals surface area contributed by atoms with Gasteiger partial charge in [0.2, 0.25) is 0 Å². The van der Waals surface area contributed by atoms with Crippen LogP contribution in [0.5, 0.6) is 11.5 Å². The molecule has 1 fully saturated rings.